The molecule has 25 heavy (non-hydrogen) atoms. The monoisotopic (exact) mass is 348 g/mol. The molecule has 136 valence electrons. The fourth-order valence-corrected chi connectivity index (χ4v) is 4.88. The third-order valence-electron chi connectivity index (χ3n) is 5.93. The van der Waals surface area contributed by atoms with Crippen molar-refractivity contribution in [2.75, 3.05) is 13.6 Å². The number of nitrogens with zero attached hydrogens (tertiary/aromatic N) is 1. The first kappa shape index (κ1) is 17.9. The van der Waals surface area contributed by atoms with Crippen LogP contribution in [0.1, 0.15) is 53.9 Å². The number of aromatic carboxylic acids is 1. The zero-order chi connectivity index (χ0) is 18.1. The van der Waals surface area contributed by atoms with E-state index in [1.807, 2.05) is 11.9 Å². The van der Waals surface area contributed by atoms with Crippen molar-refractivity contribution in [2.24, 2.45) is 17.6 Å². The second kappa shape index (κ2) is 7.12. The molecule has 0 bridgehead atoms. The predicted octanol–water partition coefficient (Wildman–Crippen LogP) is 2.60. The van der Waals surface area contributed by atoms with Crippen LogP contribution in [0.2, 0.25) is 0 Å². The highest BCUT2D eigenvalue weighted by molar-refractivity contribution is 5.88. The molecule has 3 atom stereocenters. The van der Waals surface area contributed by atoms with Crippen molar-refractivity contribution in [3.05, 3.63) is 35.1 Å². The smallest absolute Gasteiger partial charge is 0.338 e. The summed E-state index contributed by atoms with van der Waals surface area (Å²) in [7, 11) is 1.84. The van der Waals surface area contributed by atoms with Gasteiger partial charge in [-0.1, -0.05) is 44.2 Å². The summed E-state index contributed by atoms with van der Waals surface area (Å²) in [5, 5.41) is 9.22. The first-order chi connectivity index (χ1) is 11.9. The van der Waals surface area contributed by atoms with Gasteiger partial charge in [-0.05, 0) is 30.5 Å². The third-order valence-corrected chi connectivity index (χ3v) is 5.93. The van der Waals surface area contributed by atoms with Crippen molar-refractivity contribution in [2.45, 2.75) is 44.1 Å². The van der Waals surface area contributed by atoms with Crippen molar-refractivity contribution in [3.63, 3.8) is 0 Å². The number of hydrogen-bond donors (Lipinski definition) is 2. The number of primary amides is 1. The number of benzene rings is 1. The number of carbonyl (C=O) groups excluding carboxylic acids is 1. The van der Waals surface area contributed by atoms with E-state index < -0.39 is 17.8 Å². The van der Waals surface area contributed by atoms with Gasteiger partial charge in [-0.15, -0.1) is 0 Å². The van der Waals surface area contributed by atoms with E-state index in [9.17, 15) is 19.1 Å². The summed E-state index contributed by atoms with van der Waals surface area (Å²) in [6, 6.07) is 4.08. The van der Waals surface area contributed by atoms with E-state index >= 15 is 0 Å². The van der Waals surface area contributed by atoms with Gasteiger partial charge < -0.3 is 10.8 Å². The number of carboxylic acid groups (broad SMARTS) is 1. The Morgan fingerprint density at radius 1 is 1.24 bits per heavy atom. The summed E-state index contributed by atoms with van der Waals surface area (Å²) in [6.45, 7) is 0.509. The lowest BCUT2D eigenvalue weighted by Gasteiger charge is -2.34. The van der Waals surface area contributed by atoms with E-state index in [4.69, 9.17) is 5.73 Å². The lowest BCUT2D eigenvalue weighted by atomic mass is 9.70. The van der Waals surface area contributed by atoms with Crippen molar-refractivity contribution in [3.8, 4) is 0 Å². The highest BCUT2D eigenvalue weighted by atomic mass is 19.1. The Balaban J connectivity index is 2.02. The topological polar surface area (TPSA) is 83.6 Å². The van der Waals surface area contributed by atoms with Gasteiger partial charge in [0.1, 0.15) is 5.82 Å². The average molecular weight is 348 g/mol. The average Bonchev–Trinajstić information content (AvgIpc) is 2.92. The van der Waals surface area contributed by atoms with Crippen LogP contribution >= 0.6 is 0 Å². The van der Waals surface area contributed by atoms with Gasteiger partial charge in [0, 0.05) is 12.5 Å². The van der Waals surface area contributed by atoms with E-state index in [0.29, 0.717) is 18.0 Å². The van der Waals surface area contributed by atoms with E-state index in [2.05, 4.69) is 0 Å². The molecule has 2 aliphatic rings. The summed E-state index contributed by atoms with van der Waals surface area (Å²) in [5.41, 5.74) is 5.75. The summed E-state index contributed by atoms with van der Waals surface area (Å²) in [6.07, 6.45) is 5.44. The number of rotatable bonds is 4. The lowest BCUT2D eigenvalue weighted by Crippen LogP contribution is -2.44. The van der Waals surface area contributed by atoms with Gasteiger partial charge in [0.2, 0.25) is 5.91 Å². The molecular formula is C19H25FN2O3. The minimum Gasteiger partial charge on any atom is -0.478 e. The summed E-state index contributed by atoms with van der Waals surface area (Å²) < 4.78 is 14.9. The van der Waals surface area contributed by atoms with Crippen LogP contribution in [0.25, 0.3) is 0 Å². The Bertz CT molecular complexity index is 673. The molecule has 0 spiro atoms. The second-order valence-electron chi connectivity index (χ2n) is 7.38. The van der Waals surface area contributed by atoms with Crippen LogP contribution in [0.15, 0.2) is 18.2 Å². The van der Waals surface area contributed by atoms with Gasteiger partial charge in [0.15, 0.2) is 0 Å². The van der Waals surface area contributed by atoms with E-state index in [-0.39, 0.29) is 23.3 Å². The Morgan fingerprint density at radius 3 is 2.52 bits per heavy atom. The molecule has 1 aliphatic heterocycles. The fraction of sp³-hybridized carbons (Fsp3) is 0.579. The minimum atomic E-state index is -1.27. The van der Waals surface area contributed by atoms with Gasteiger partial charge in [-0.3, -0.25) is 9.69 Å². The van der Waals surface area contributed by atoms with Gasteiger partial charge >= 0.3 is 5.97 Å². The molecule has 5 nitrogen and oxygen atoms in total. The van der Waals surface area contributed by atoms with E-state index in [0.717, 1.165) is 25.7 Å². The summed E-state index contributed by atoms with van der Waals surface area (Å²) in [5.74, 6) is -2.30. The van der Waals surface area contributed by atoms with E-state index in [1.165, 1.54) is 12.5 Å². The number of carboxylic acids is 1. The molecule has 1 heterocycles. The standard InChI is InChI=1S/C19H25FN2O3/c1-22-10-14(12-8-5-9-13(16(12)20)19(24)25)15(17(22)18(21)23)11-6-3-2-4-7-11/h5,8-9,11,14-15,17H,2-4,6-7,10H2,1H3,(H2,21,23)(H,24,25)/t14?,15-,17+/m1/s1. The molecule has 1 saturated carbocycles. The summed E-state index contributed by atoms with van der Waals surface area (Å²) >= 11 is 0. The predicted molar refractivity (Wildman–Crippen MR) is 91.8 cm³/mol. The molecule has 6 heteroatoms. The minimum absolute atomic E-state index is 0.0682. The highest BCUT2D eigenvalue weighted by Crippen LogP contribution is 2.46. The maximum atomic E-state index is 14.9. The highest BCUT2D eigenvalue weighted by Gasteiger charge is 2.48. The molecule has 0 aromatic heterocycles. The van der Waals surface area contributed by atoms with E-state index in [1.54, 1.807) is 12.1 Å². The Hall–Kier alpha value is -1.95. The molecule has 1 aromatic carbocycles. The quantitative estimate of drug-likeness (QED) is 0.876. The Morgan fingerprint density at radius 2 is 1.92 bits per heavy atom. The van der Waals surface area contributed by atoms with Gasteiger partial charge in [-0.2, -0.15) is 0 Å². The Labute approximate surface area is 147 Å². The SMILES string of the molecule is CN1CC(c2cccc(C(=O)O)c2F)[C@@H](C2CCCCC2)[C@H]1C(N)=O. The fourth-order valence-electron chi connectivity index (χ4n) is 4.88. The lowest BCUT2D eigenvalue weighted by molar-refractivity contribution is -0.123. The molecule has 2 fully saturated rings. The molecule has 3 rings (SSSR count). The third kappa shape index (κ3) is 3.27. The van der Waals surface area contributed by atoms with Gasteiger partial charge in [0.05, 0.1) is 11.6 Å². The number of amides is 1. The Kier molecular flexibility index (Phi) is 5.08. The van der Waals surface area contributed by atoms with Gasteiger partial charge in [-0.25, -0.2) is 9.18 Å². The molecule has 1 unspecified atom stereocenters. The maximum absolute atomic E-state index is 14.9. The van der Waals surface area contributed by atoms with Crippen LogP contribution in [0.4, 0.5) is 4.39 Å². The molecular weight excluding hydrogens is 323 g/mol. The van der Waals surface area contributed by atoms with Crippen LogP contribution in [0.3, 0.4) is 0 Å². The summed E-state index contributed by atoms with van der Waals surface area (Å²) in [4.78, 5) is 25.3. The van der Waals surface area contributed by atoms with Crippen LogP contribution in [-0.4, -0.2) is 41.5 Å². The molecule has 0 radical (unpaired) electrons. The number of halogens is 1. The number of carbonyl (C=O) groups is 2. The maximum Gasteiger partial charge on any atom is 0.338 e. The number of hydrogen-bond acceptors (Lipinski definition) is 3. The first-order valence-electron chi connectivity index (χ1n) is 8.93. The molecule has 1 saturated heterocycles. The second-order valence-corrected chi connectivity index (χ2v) is 7.38. The molecule has 1 aromatic rings. The van der Waals surface area contributed by atoms with Crippen LogP contribution in [0.5, 0.6) is 0 Å². The van der Waals surface area contributed by atoms with Gasteiger partial charge in [0.25, 0.3) is 0 Å². The van der Waals surface area contributed by atoms with Crippen LogP contribution in [0, 0.1) is 17.7 Å². The van der Waals surface area contributed by atoms with Crippen molar-refractivity contribution < 1.29 is 19.1 Å². The molecule has 1 aliphatic carbocycles. The molecule has 1 amide bonds. The van der Waals surface area contributed by atoms with Crippen molar-refractivity contribution >= 4 is 11.9 Å². The van der Waals surface area contributed by atoms with Crippen LogP contribution in [-0.2, 0) is 4.79 Å². The first-order valence-corrected chi connectivity index (χ1v) is 8.93. The number of likely N-dealkylation sites (tertiary alicyclic amines) is 1. The normalized spacial score (nSPS) is 28.2. The zero-order valence-electron chi connectivity index (χ0n) is 14.5. The largest absolute Gasteiger partial charge is 0.478 e. The van der Waals surface area contributed by atoms with Crippen LogP contribution < -0.4 is 5.73 Å². The number of likely N-dealkylation sites (N-methyl/N-ethyl adjacent to an activating group) is 1. The zero-order valence-corrected chi connectivity index (χ0v) is 14.5. The molecule has 3 N–H and O–H groups in total. The van der Waals surface area contributed by atoms with Crippen molar-refractivity contribution in [1.82, 2.24) is 4.90 Å². The van der Waals surface area contributed by atoms with Crippen molar-refractivity contribution in [1.29, 1.82) is 0 Å². The number of nitrogens with two attached hydrogens (primary N) is 1.